The Morgan fingerprint density at radius 2 is 1.85 bits per heavy atom. The van der Waals surface area contributed by atoms with Crippen LogP contribution in [0.2, 0.25) is 10.0 Å². The SMILES string of the molecule is O=C(CCN1C(=O)c2ccccc2S1(=O)=O)NCc1ccc(Cl)cc1Cl. The van der Waals surface area contributed by atoms with Crippen LogP contribution in [0.4, 0.5) is 0 Å². The van der Waals surface area contributed by atoms with Gasteiger partial charge in [-0.05, 0) is 29.8 Å². The van der Waals surface area contributed by atoms with Gasteiger partial charge >= 0.3 is 0 Å². The molecule has 0 saturated heterocycles. The molecule has 0 atom stereocenters. The number of amides is 2. The number of nitrogens with zero attached hydrogens (tertiary/aromatic N) is 1. The molecule has 6 nitrogen and oxygen atoms in total. The van der Waals surface area contributed by atoms with E-state index in [0.717, 1.165) is 4.31 Å². The van der Waals surface area contributed by atoms with Gasteiger partial charge in [0.2, 0.25) is 5.91 Å². The molecule has 0 spiro atoms. The van der Waals surface area contributed by atoms with E-state index in [4.69, 9.17) is 23.2 Å². The summed E-state index contributed by atoms with van der Waals surface area (Å²) < 4.78 is 25.5. The molecular weight excluding hydrogens is 399 g/mol. The minimum atomic E-state index is -3.90. The number of benzene rings is 2. The Labute approximate surface area is 160 Å². The number of hydrogen-bond donors (Lipinski definition) is 1. The van der Waals surface area contributed by atoms with Crippen LogP contribution in [0.15, 0.2) is 47.4 Å². The van der Waals surface area contributed by atoms with Crippen molar-refractivity contribution >= 4 is 45.0 Å². The van der Waals surface area contributed by atoms with E-state index >= 15 is 0 Å². The molecule has 1 heterocycles. The van der Waals surface area contributed by atoms with Gasteiger partial charge in [-0.1, -0.05) is 41.4 Å². The lowest BCUT2D eigenvalue weighted by Crippen LogP contribution is -2.34. The van der Waals surface area contributed by atoms with E-state index < -0.39 is 21.8 Å². The monoisotopic (exact) mass is 412 g/mol. The molecule has 1 N–H and O–H groups in total. The van der Waals surface area contributed by atoms with Crippen molar-refractivity contribution in [2.45, 2.75) is 17.9 Å². The molecule has 136 valence electrons. The van der Waals surface area contributed by atoms with Gasteiger partial charge in [-0.15, -0.1) is 0 Å². The lowest BCUT2D eigenvalue weighted by Gasteiger charge is -2.15. The summed E-state index contributed by atoms with van der Waals surface area (Å²) in [4.78, 5) is 24.3. The molecule has 9 heteroatoms. The molecule has 0 saturated carbocycles. The summed E-state index contributed by atoms with van der Waals surface area (Å²) in [5.41, 5.74) is 0.808. The fraction of sp³-hybridized carbons (Fsp3) is 0.176. The van der Waals surface area contributed by atoms with E-state index in [2.05, 4.69) is 5.32 Å². The first kappa shape index (κ1) is 18.7. The zero-order valence-electron chi connectivity index (χ0n) is 13.4. The summed E-state index contributed by atoms with van der Waals surface area (Å²) in [6.45, 7) is -0.0498. The van der Waals surface area contributed by atoms with Crippen LogP contribution >= 0.6 is 23.2 Å². The maximum atomic E-state index is 12.4. The van der Waals surface area contributed by atoms with E-state index in [1.807, 2.05) is 0 Å². The van der Waals surface area contributed by atoms with Gasteiger partial charge in [0, 0.05) is 29.6 Å². The number of nitrogens with one attached hydrogen (secondary N) is 1. The first-order valence-electron chi connectivity index (χ1n) is 7.67. The van der Waals surface area contributed by atoms with Gasteiger partial charge in [0.1, 0.15) is 4.90 Å². The van der Waals surface area contributed by atoms with Crippen molar-refractivity contribution < 1.29 is 18.0 Å². The maximum absolute atomic E-state index is 12.4. The highest BCUT2D eigenvalue weighted by atomic mass is 35.5. The van der Waals surface area contributed by atoms with Crippen LogP contribution in [-0.4, -0.2) is 31.1 Å². The lowest BCUT2D eigenvalue weighted by atomic mass is 10.2. The zero-order valence-corrected chi connectivity index (χ0v) is 15.7. The molecule has 0 aliphatic carbocycles. The lowest BCUT2D eigenvalue weighted by molar-refractivity contribution is -0.121. The van der Waals surface area contributed by atoms with Gasteiger partial charge < -0.3 is 5.32 Å². The van der Waals surface area contributed by atoms with Gasteiger partial charge in [0.05, 0.1) is 5.56 Å². The molecule has 2 aromatic carbocycles. The first-order valence-corrected chi connectivity index (χ1v) is 9.87. The number of sulfonamides is 1. The number of hydrogen-bond acceptors (Lipinski definition) is 4. The highest BCUT2D eigenvalue weighted by Crippen LogP contribution is 2.29. The second-order valence-corrected chi connectivity index (χ2v) is 8.32. The number of carbonyl (C=O) groups is 2. The van der Waals surface area contributed by atoms with Crippen LogP contribution in [0.1, 0.15) is 22.3 Å². The van der Waals surface area contributed by atoms with Gasteiger partial charge in [-0.3, -0.25) is 9.59 Å². The standard InChI is InChI=1S/C17H14Cl2N2O4S/c18-12-6-5-11(14(19)9-12)10-20-16(22)7-8-21-17(23)13-3-1-2-4-15(13)26(21,24)25/h1-6,9H,7-8,10H2,(H,20,22). The number of rotatable bonds is 5. The second-order valence-electron chi connectivity index (χ2n) is 5.64. The van der Waals surface area contributed by atoms with Crippen LogP contribution in [0, 0.1) is 0 Å². The number of carbonyl (C=O) groups excluding carboxylic acids is 2. The Morgan fingerprint density at radius 3 is 2.54 bits per heavy atom. The van der Waals surface area contributed by atoms with Crippen molar-refractivity contribution in [1.82, 2.24) is 9.62 Å². The minimum Gasteiger partial charge on any atom is -0.352 e. The molecule has 1 aliphatic heterocycles. The highest BCUT2D eigenvalue weighted by molar-refractivity contribution is 7.90. The summed E-state index contributed by atoms with van der Waals surface area (Å²) >= 11 is 11.8. The summed E-state index contributed by atoms with van der Waals surface area (Å²) in [6, 6.07) is 10.9. The maximum Gasteiger partial charge on any atom is 0.269 e. The Kier molecular flexibility index (Phi) is 5.22. The molecule has 2 amide bonds. The third kappa shape index (κ3) is 3.56. The van der Waals surface area contributed by atoms with Crippen molar-refractivity contribution in [3.8, 4) is 0 Å². The van der Waals surface area contributed by atoms with Gasteiger partial charge in [0.15, 0.2) is 0 Å². The summed E-state index contributed by atoms with van der Waals surface area (Å²) in [5, 5.41) is 3.56. The quantitative estimate of drug-likeness (QED) is 0.817. The molecule has 0 unspecified atom stereocenters. The Morgan fingerprint density at radius 1 is 1.12 bits per heavy atom. The van der Waals surface area contributed by atoms with E-state index in [9.17, 15) is 18.0 Å². The van der Waals surface area contributed by atoms with E-state index in [0.29, 0.717) is 15.6 Å². The van der Waals surface area contributed by atoms with Crippen molar-refractivity contribution in [1.29, 1.82) is 0 Å². The molecule has 0 fully saturated rings. The number of fused-ring (bicyclic) bond motifs is 1. The first-order chi connectivity index (χ1) is 12.3. The topological polar surface area (TPSA) is 83.6 Å². The molecule has 1 aliphatic rings. The molecule has 0 bridgehead atoms. The normalized spacial score (nSPS) is 15.0. The molecular formula is C17H14Cl2N2O4S. The minimum absolute atomic E-state index is 0.0293. The average molecular weight is 413 g/mol. The van der Waals surface area contributed by atoms with E-state index in [1.165, 1.54) is 12.1 Å². The largest absolute Gasteiger partial charge is 0.352 e. The molecule has 0 aromatic heterocycles. The van der Waals surface area contributed by atoms with Crippen LogP contribution in [-0.2, 0) is 21.4 Å². The zero-order chi connectivity index (χ0) is 18.9. The van der Waals surface area contributed by atoms with E-state index in [1.54, 1.807) is 30.3 Å². The smallest absolute Gasteiger partial charge is 0.269 e. The van der Waals surface area contributed by atoms with E-state index in [-0.39, 0.29) is 30.0 Å². The summed E-state index contributed by atoms with van der Waals surface area (Å²) in [5.74, 6) is -1.01. The van der Waals surface area contributed by atoms with Crippen molar-refractivity contribution in [3.63, 3.8) is 0 Å². The van der Waals surface area contributed by atoms with Crippen molar-refractivity contribution in [3.05, 3.63) is 63.6 Å². The predicted octanol–water partition coefficient (Wildman–Crippen LogP) is 2.84. The van der Waals surface area contributed by atoms with Crippen LogP contribution in [0.3, 0.4) is 0 Å². The highest BCUT2D eigenvalue weighted by Gasteiger charge is 2.40. The van der Waals surface area contributed by atoms with Crippen LogP contribution in [0.5, 0.6) is 0 Å². The Hall–Kier alpha value is -2.09. The average Bonchev–Trinajstić information content (AvgIpc) is 2.79. The molecule has 0 radical (unpaired) electrons. The van der Waals surface area contributed by atoms with Gasteiger partial charge in [0.25, 0.3) is 15.9 Å². The summed E-state index contributed by atoms with van der Waals surface area (Å²) in [6.07, 6.45) is -0.149. The predicted molar refractivity (Wildman–Crippen MR) is 97.6 cm³/mol. The van der Waals surface area contributed by atoms with Crippen LogP contribution in [0.25, 0.3) is 0 Å². The fourth-order valence-corrected chi connectivity index (χ4v) is 4.65. The van der Waals surface area contributed by atoms with Gasteiger partial charge in [-0.25, -0.2) is 12.7 Å². The van der Waals surface area contributed by atoms with Gasteiger partial charge in [-0.2, -0.15) is 0 Å². The van der Waals surface area contributed by atoms with Crippen molar-refractivity contribution in [2.75, 3.05) is 6.54 Å². The van der Waals surface area contributed by atoms with Crippen molar-refractivity contribution in [2.24, 2.45) is 0 Å². The fourth-order valence-electron chi connectivity index (χ4n) is 2.60. The Balaban J connectivity index is 1.61. The van der Waals surface area contributed by atoms with Crippen LogP contribution < -0.4 is 5.32 Å². The molecule has 2 aromatic rings. The number of halogens is 2. The Bertz CT molecular complexity index is 992. The molecule has 3 rings (SSSR count). The third-order valence-corrected chi connectivity index (χ3v) is 6.37. The second kappa shape index (κ2) is 7.26. The third-order valence-electron chi connectivity index (χ3n) is 3.95. The summed E-state index contributed by atoms with van der Waals surface area (Å²) in [7, 11) is -3.90. The molecule has 26 heavy (non-hydrogen) atoms.